The molecule has 0 aromatic carbocycles. The van der Waals surface area contributed by atoms with Gasteiger partial charge < -0.3 is 9.47 Å². The lowest BCUT2D eigenvalue weighted by atomic mass is 9.63. The first kappa shape index (κ1) is 18.0. The first-order chi connectivity index (χ1) is 11.6. The quantitative estimate of drug-likeness (QED) is 0.513. The molecule has 0 bridgehead atoms. The Labute approximate surface area is 147 Å². The number of carbonyl (C=O) groups excluding carboxylic acids is 1. The number of carbonyl (C=O) groups is 1. The van der Waals surface area contributed by atoms with Crippen molar-refractivity contribution in [3.63, 3.8) is 0 Å². The molecule has 3 aliphatic rings. The predicted octanol–water partition coefficient (Wildman–Crippen LogP) is 5.18. The first-order valence-corrected chi connectivity index (χ1v) is 10.1. The summed E-state index contributed by atoms with van der Waals surface area (Å²) in [5, 5.41) is 0. The van der Waals surface area contributed by atoms with Crippen LogP contribution in [0.1, 0.15) is 84.0 Å². The molecule has 1 atom stereocenters. The van der Waals surface area contributed by atoms with Crippen molar-refractivity contribution in [2.45, 2.75) is 95.7 Å². The van der Waals surface area contributed by atoms with Gasteiger partial charge in [0.1, 0.15) is 5.60 Å². The lowest BCUT2D eigenvalue weighted by Gasteiger charge is -2.51. The standard InChI is InChI=1S/C21H34O3/c1-16(2)20(22)24-21(19-14-9-15-23-19,17-10-5-3-6-11-17)18-12-7-4-8-13-18/h17-19H,1,3-15H2,2H3. The van der Waals surface area contributed by atoms with E-state index in [9.17, 15) is 4.79 Å². The largest absolute Gasteiger partial charge is 0.452 e. The molecule has 1 heterocycles. The third kappa shape index (κ3) is 3.56. The van der Waals surface area contributed by atoms with E-state index >= 15 is 0 Å². The van der Waals surface area contributed by atoms with Crippen LogP contribution in [0.2, 0.25) is 0 Å². The Morgan fingerprint density at radius 3 is 1.88 bits per heavy atom. The minimum Gasteiger partial charge on any atom is -0.452 e. The molecule has 1 unspecified atom stereocenters. The van der Waals surface area contributed by atoms with E-state index in [0.29, 0.717) is 17.4 Å². The SMILES string of the molecule is C=C(C)C(=O)OC(C1CCCCC1)(C1CCCCC1)C1CCCO1. The highest BCUT2D eigenvalue weighted by molar-refractivity contribution is 5.87. The fourth-order valence-corrected chi connectivity index (χ4v) is 5.38. The van der Waals surface area contributed by atoms with Crippen LogP contribution in [0.3, 0.4) is 0 Å². The molecule has 0 N–H and O–H groups in total. The van der Waals surface area contributed by atoms with Crippen LogP contribution < -0.4 is 0 Å². The number of hydrogen-bond acceptors (Lipinski definition) is 3. The van der Waals surface area contributed by atoms with E-state index in [1.54, 1.807) is 6.92 Å². The molecule has 24 heavy (non-hydrogen) atoms. The third-order valence-electron chi connectivity index (χ3n) is 6.54. The fraction of sp³-hybridized carbons (Fsp3) is 0.857. The molecule has 1 saturated heterocycles. The molecule has 2 saturated carbocycles. The van der Waals surface area contributed by atoms with Crippen LogP contribution in [-0.4, -0.2) is 24.3 Å². The molecule has 3 heteroatoms. The second-order valence-electron chi connectivity index (χ2n) is 8.19. The topological polar surface area (TPSA) is 35.5 Å². The van der Waals surface area contributed by atoms with Gasteiger partial charge in [0, 0.05) is 24.0 Å². The zero-order valence-electron chi connectivity index (χ0n) is 15.4. The van der Waals surface area contributed by atoms with E-state index in [-0.39, 0.29) is 12.1 Å². The van der Waals surface area contributed by atoms with Crippen LogP contribution in [0.4, 0.5) is 0 Å². The van der Waals surface area contributed by atoms with E-state index in [1.165, 1.54) is 64.2 Å². The van der Waals surface area contributed by atoms with Gasteiger partial charge in [-0.1, -0.05) is 45.1 Å². The number of rotatable bonds is 5. The van der Waals surface area contributed by atoms with Crippen LogP contribution >= 0.6 is 0 Å². The van der Waals surface area contributed by atoms with E-state index in [1.807, 2.05) is 0 Å². The van der Waals surface area contributed by atoms with Crippen LogP contribution in [0.25, 0.3) is 0 Å². The number of ether oxygens (including phenoxy) is 2. The summed E-state index contributed by atoms with van der Waals surface area (Å²) in [6.45, 7) is 6.42. The molecule has 3 rings (SSSR count). The number of hydrogen-bond donors (Lipinski definition) is 0. The van der Waals surface area contributed by atoms with E-state index in [0.717, 1.165) is 19.4 Å². The summed E-state index contributed by atoms with van der Waals surface area (Å²) in [5.41, 5.74) is 0.108. The van der Waals surface area contributed by atoms with E-state index in [4.69, 9.17) is 9.47 Å². The van der Waals surface area contributed by atoms with Crippen molar-refractivity contribution in [2.75, 3.05) is 6.61 Å². The number of esters is 1. The van der Waals surface area contributed by atoms with Gasteiger partial charge in [0.25, 0.3) is 0 Å². The summed E-state index contributed by atoms with van der Waals surface area (Å²) in [6.07, 6.45) is 14.6. The lowest BCUT2D eigenvalue weighted by molar-refractivity contribution is -0.206. The average molecular weight is 335 g/mol. The predicted molar refractivity (Wildman–Crippen MR) is 95.8 cm³/mol. The van der Waals surface area contributed by atoms with Crippen molar-refractivity contribution >= 4 is 5.97 Å². The smallest absolute Gasteiger partial charge is 0.333 e. The average Bonchev–Trinajstić information content (AvgIpc) is 3.16. The Hall–Kier alpha value is -0.830. The van der Waals surface area contributed by atoms with Gasteiger partial charge in [-0.15, -0.1) is 0 Å². The Bertz CT molecular complexity index is 420. The van der Waals surface area contributed by atoms with Gasteiger partial charge in [-0.2, -0.15) is 0 Å². The maximum Gasteiger partial charge on any atom is 0.333 e. The van der Waals surface area contributed by atoms with Gasteiger partial charge in [-0.3, -0.25) is 0 Å². The fourth-order valence-electron chi connectivity index (χ4n) is 5.38. The first-order valence-electron chi connectivity index (χ1n) is 10.1. The van der Waals surface area contributed by atoms with E-state index in [2.05, 4.69) is 6.58 Å². The molecule has 0 aromatic rings. The third-order valence-corrected chi connectivity index (χ3v) is 6.54. The molecular weight excluding hydrogens is 300 g/mol. The van der Waals surface area contributed by atoms with Crippen LogP contribution in [0, 0.1) is 11.8 Å². The van der Waals surface area contributed by atoms with Crippen molar-refractivity contribution < 1.29 is 14.3 Å². The van der Waals surface area contributed by atoms with Gasteiger partial charge in [0.05, 0.1) is 6.10 Å². The summed E-state index contributed by atoms with van der Waals surface area (Å²) >= 11 is 0. The highest BCUT2D eigenvalue weighted by Gasteiger charge is 2.55. The van der Waals surface area contributed by atoms with Crippen LogP contribution in [0.15, 0.2) is 12.2 Å². The van der Waals surface area contributed by atoms with E-state index < -0.39 is 5.60 Å². The Morgan fingerprint density at radius 2 is 1.46 bits per heavy atom. The molecule has 0 radical (unpaired) electrons. The Balaban J connectivity index is 1.95. The Kier molecular flexibility index (Phi) is 6.02. The summed E-state index contributed by atoms with van der Waals surface area (Å²) in [7, 11) is 0. The molecule has 0 spiro atoms. The van der Waals surface area contributed by atoms with Crippen molar-refractivity contribution in [3.8, 4) is 0 Å². The molecule has 2 aliphatic carbocycles. The molecule has 3 fully saturated rings. The summed E-state index contributed by atoms with van der Waals surface area (Å²) in [5.74, 6) is 0.711. The van der Waals surface area contributed by atoms with Gasteiger partial charge in [-0.25, -0.2) is 4.79 Å². The van der Waals surface area contributed by atoms with Crippen molar-refractivity contribution in [1.82, 2.24) is 0 Å². The van der Waals surface area contributed by atoms with Crippen molar-refractivity contribution in [3.05, 3.63) is 12.2 Å². The monoisotopic (exact) mass is 334 g/mol. The lowest BCUT2D eigenvalue weighted by Crippen LogP contribution is -2.58. The molecule has 136 valence electrons. The molecule has 3 nitrogen and oxygen atoms in total. The molecular formula is C21H34O3. The summed E-state index contributed by atoms with van der Waals surface area (Å²) in [6, 6.07) is 0. The normalized spacial score (nSPS) is 27.1. The highest BCUT2D eigenvalue weighted by Crippen LogP contribution is 2.50. The Morgan fingerprint density at radius 1 is 0.917 bits per heavy atom. The summed E-state index contributed by atoms with van der Waals surface area (Å²) < 4.78 is 12.6. The second-order valence-corrected chi connectivity index (χ2v) is 8.19. The van der Waals surface area contributed by atoms with Crippen molar-refractivity contribution in [1.29, 1.82) is 0 Å². The van der Waals surface area contributed by atoms with Gasteiger partial charge in [0.15, 0.2) is 0 Å². The van der Waals surface area contributed by atoms with Crippen LogP contribution in [-0.2, 0) is 14.3 Å². The highest BCUT2D eigenvalue weighted by atomic mass is 16.6. The molecule has 0 amide bonds. The minimum absolute atomic E-state index is 0.0898. The maximum absolute atomic E-state index is 12.6. The van der Waals surface area contributed by atoms with Gasteiger partial charge in [-0.05, 0) is 45.4 Å². The molecule has 0 aromatic heterocycles. The second kappa shape index (κ2) is 8.03. The van der Waals surface area contributed by atoms with Gasteiger partial charge >= 0.3 is 5.97 Å². The van der Waals surface area contributed by atoms with Crippen molar-refractivity contribution in [2.24, 2.45) is 11.8 Å². The maximum atomic E-state index is 12.6. The zero-order valence-corrected chi connectivity index (χ0v) is 15.4. The zero-order chi connectivity index (χ0) is 17.0. The minimum atomic E-state index is -0.409. The summed E-state index contributed by atoms with van der Waals surface area (Å²) in [4.78, 5) is 12.6. The van der Waals surface area contributed by atoms with Crippen LogP contribution in [0.5, 0.6) is 0 Å². The molecule has 1 aliphatic heterocycles. The van der Waals surface area contributed by atoms with Gasteiger partial charge in [0.2, 0.25) is 0 Å².